The van der Waals surface area contributed by atoms with E-state index in [2.05, 4.69) is 4.98 Å². The molecule has 108 valence electrons. The van der Waals surface area contributed by atoms with Crippen LogP contribution < -0.4 is 4.74 Å². The molecule has 0 aliphatic carbocycles. The zero-order valence-corrected chi connectivity index (χ0v) is 12.6. The maximum atomic E-state index is 11.7. The van der Waals surface area contributed by atoms with Gasteiger partial charge in [-0.2, -0.15) is 0 Å². The van der Waals surface area contributed by atoms with E-state index in [1.807, 2.05) is 6.92 Å². The van der Waals surface area contributed by atoms with Crippen LogP contribution in [0.2, 0.25) is 0 Å². The van der Waals surface area contributed by atoms with Gasteiger partial charge < -0.3 is 9.84 Å². The molecule has 6 heteroatoms. The van der Waals surface area contributed by atoms with Crippen LogP contribution in [0.4, 0.5) is 0 Å². The van der Waals surface area contributed by atoms with Crippen LogP contribution in [0.15, 0.2) is 18.5 Å². The van der Waals surface area contributed by atoms with Crippen LogP contribution in [0.1, 0.15) is 38.9 Å². The summed E-state index contributed by atoms with van der Waals surface area (Å²) in [6, 6.07) is 1.63. The average Bonchev–Trinajstić information content (AvgIpc) is 2.34. The molecule has 19 heavy (non-hydrogen) atoms. The molecule has 0 aliphatic heterocycles. The smallest absolute Gasteiger partial charge is 0.155 e. The van der Waals surface area contributed by atoms with Crippen molar-refractivity contribution in [2.24, 2.45) is 0 Å². The molecule has 1 aromatic heterocycles. The van der Waals surface area contributed by atoms with E-state index < -0.39 is 20.7 Å². The Morgan fingerprint density at radius 1 is 1.42 bits per heavy atom. The molecule has 0 amide bonds. The molecule has 5 nitrogen and oxygen atoms in total. The molecule has 0 aliphatic rings. The number of ether oxygens (including phenoxy) is 1. The molecule has 0 spiro atoms. The molecule has 1 heterocycles. The number of aliphatic hydroxyl groups is 1. The molecule has 0 saturated heterocycles. The van der Waals surface area contributed by atoms with Crippen molar-refractivity contribution < 1.29 is 18.3 Å². The summed E-state index contributed by atoms with van der Waals surface area (Å²) in [4.78, 5) is 3.97. The first kappa shape index (κ1) is 15.9. The lowest BCUT2D eigenvalue weighted by atomic mass is 10.00. The number of rotatable bonds is 6. The molecule has 1 rings (SSSR count). The largest absolute Gasteiger partial charge is 0.492 e. The Hall–Kier alpha value is -1.14. The minimum Gasteiger partial charge on any atom is -0.492 e. The van der Waals surface area contributed by atoms with Crippen LogP contribution in [-0.4, -0.2) is 36.1 Å². The summed E-state index contributed by atoms with van der Waals surface area (Å²) in [6.07, 6.45) is 3.82. The molecule has 1 atom stereocenters. The average molecular weight is 287 g/mol. The fourth-order valence-electron chi connectivity index (χ4n) is 1.49. The van der Waals surface area contributed by atoms with Gasteiger partial charge in [0, 0.05) is 18.0 Å². The van der Waals surface area contributed by atoms with Crippen molar-refractivity contribution in [1.82, 2.24) is 4.98 Å². The number of aliphatic hydroxyl groups excluding tert-OH is 1. The Labute approximate surface area is 114 Å². The standard InChI is InChI=1S/C13H21NO4S/c1-5-6-18-11-7-10(8-14-9-11)12(15)13(2,3)19(4,16)17/h7-9,12,15H,5-6H2,1-4H3. The SMILES string of the molecule is CCCOc1cncc(C(O)C(C)(C)S(C)(=O)=O)c1. The Morgan fingerprint density at radius 3 is 2.58 bits per heavy atom. The van der Waals surface area contributed by atoms with E-state index in [4.69, 9.17) is 4.74 Å². The van der Waals surface area contributed by atoms with Crippen LogP contribution >= 0.6 is 0 Å². The maximum absolute atomic E-state index is 11.7. The summed E-state index contributed by atoms with van der Waals surface area (Å²) < 4.78 is 27.6. The van der Waals surface area contributed by atoms with Gasteiger partial charge in [-0.05, 0) is 26.3 Å². The van der Waals surface area contributed by atoms with Crippen LogP contribution in [0.25, 0.3) is 0 Å². The molecule has 0 saturated carbocycles. The molecule has 0 bridgehead atoms. The molecule has 0 radical (unpaired) electrons. The second kappa shape index (κ2) is 5.88. The van der Waals surface area contributed by atoms with Crippen LogP contribution in [0, 0.1) is 0 Å². The number of hydrogen-bond donors (Lipinski definition) is 1. The van der Waals surface area contributed by atoms with Crippen LogP contribution in [0.5, 0.6) is 5.75 Å². The van der Waals surface area contributed by atoms with Crippen molar-refractivity contribution in [3.05, 3.63) is 24.0 Å². The Kier molecular flexibility index (Phi) is 4.92. The molecular weight excluding hydrogens is 266 g/mol. The first-order chi connectivity index (χ1) is 8.70. The summed E-state index contributed by atoms with van der Waals surface area (Å²) in [5, 5.41) is 10.3. The first-order valence-corrected chi connectivity index (χ1v) is 8.04. The number of hydrogen-bond acceptors (Lipinski definition) is 5. The van der Waals surface area contributed by atoms with Crippen molar-refractivity contribution in [3.8, 4) is 5.75 Å². The second-order valence-corrected chi connectivity index (χ2v) is 7.68. The van der Waals surface area contributed by atoms with Gasteiger partial charge in [0.25, 0.3) is 0 Å². The Bertz CT molecular complexity index is 525. The van der Waals surface area contributed by atoms with Gasteiger partial charge in [-0.3, -0.25) is 4.98 Å². The number of aromatic nitrogens is 1. The molecule has 0 aromatic carbocycles. The quantitative estimate of drug-likeness (QED) is 0.862. The van der Waals surface area contributed by atoms with Crippen molar-refractivity contribution in [2.45, 2.75) is 38.0 Å². The van der Waals surface area contributed by atoms with Gasteiger partial charge >= 0.3 is 0 Å². The fourth-order valence-corrected chi connectivity index (χ4v) is 2.03. The van der Waals surface area contributed by atoms with Crippen LogP contribution in [-0.2, 0) is 9.84 Å². The molecule has 1 aromatic rings. The van der Waals surface area contributed by atoms with Gasteiger partial charge in [0.2, 0.25) is 0 Å². The van der Waals surface area contributed by atoms with E-state index >= 15 is 0 Å². The lowest BCUT2D eigenvalue weighted by Gasteiger charge is -2.28. The zero-order chi connectivity index (χ0) is 14.7. The maximum Gasteiger partial charge on any atom is 0.155 e. The second-order valence-electron chi connectivity index (χ2n) is 5.08. The van der Waals surface area contributed by atoms with Crippen LogP contribution in [0.3, 0.4) is 0 Å². The van der Waals surface area contributed by atoms with Gasteiger partial charge in [-0.1, -0.05) is 6.92 Å². The van der Waals surface area contributed by atoms with E-state index in [1.165, 1.54) is 20.0 Å². The van der Waals surface area contributed by atoms with E-state index in [0.717, 1.165) is 12.7 Å². The minimum absolute atomic E-state index is 0.434. The van der Waals surface area contributed by atoms with Gasteiger partial charge in [0.05, 0.1) is 23.7 Å². The summed E-state index contributed by atoms with van der Waals surface area (Å²) in [7, 11) is -3.40. The topological polar surface area (TPSA) is 76.5 Å². The predicted molar refractivity (Wildman–Crippen MR) is 73.9 cm³/mol. The highest BCUT2D eigenvalue weighted by atomic mass is 32.2. The van der Waals surface area contributed by atoms with E-state index in [-0.39, 0.29) is 0 Å². The van der Waals surface area contributed by atoms with Crippen molar-refractivity contribution in [1.29, 1.82) is 0 Å². The van der Waals surface area contributed by atoms with Gasteiger partial charge in [0.15, 0.2) is 9.84 Å². The summed E-state index contributed by atoms with van der Waals surface area (Å²) in [6.45, 7) is 5.52. The van der Waals surface area contributed by atoms with Gasteiger partial charge in [-0.15, -0.1) is 0 Å². The summed E-state index contributed by atoms with van der Waals surface area (Å²) in [5.74, 6) is 0.530. The van der Waals surface area contributed by atoms with Gasteiger partial charge in [0.1, 0.15) is 5.75 Å². The zero-order valence-electron chi connectivity index (χ0n) is 11.8. The van der Waals surface area contributed by atoms with E-state index in [1.54, 1.807) is 12.3 Å². The lowest BCUT2D eigenvalue weighted by Crippen LogP contribution is -2.37. The molecule has 1 N–H and O–H groups in total. The Balaban J connectivity index is 3.03. The highest BCUT2D eigenvalue weighted by molar-refractivity contribution is 7.92. The minimum atomic E-state index is -3.40. The number of nitrogens with zero attached hydrogens (tertiary/aromatic N) is 1. The van der Waals surface area contributed by atoms with E-state index in [9.17, 15) is 13.5 Å². The number of pyridine rings is 1. The lowest BCUT2D eigenvalue weighted by molar-refractivity contribution is 0.138. The fraction of sp³-hybridized carbons (Fsp3) is 0.615. The highest BCUT2D eigenvalue weighted by Gasteiger charge is 2.39. The molecule has 1 unspecified atom stereocenters. The summed E-state index contributed by atoms with van der Waals surface area (Å²) in [5.41, 5.74) is 0.434. The Morgan fingerprint density at radius 2 is 2.05 bits per heavy atom. The molecule has 0 fully saturated rings. The monoisotopic (exact) mass is 287 g/mol. The van der Waals surface area contributed by atoms with Gasteiger partial charge in [-0.25, -0.2) is 8.42 Å². The van der Waals surface area contributed by atoms with E-state index in [0.29, 0.717) is 17.9 Å². The molecular formula is C13H21NO4S. The van der Waals surface area contributed by atoms with Crippen molar-refractivity contribution in [3.63, 3.8) is 0 Å². The van der Waals surface area contributed by atoms with Crippen molar-refractivity contribution >= 4 is 9.84 Å². The third-order valence-electron chi connectivity index (χ3n) is 3.14. The predicted octanol–water partition coefficient (Wildman–Crippen LogP) is 1.73. The van der Waals surface area contributed by atoms with Crippen molar-refractivity contribution in [2.75, 3.05) is 12.9 Å². The third kappa shape index (κ3) is 3.67. The number of sulfone groups is 1. The normalized spacial score (nSPS) is 14.2. The highest BCUT2D eigenvalue weighted by Crippen LogP contribution is 2.32. The first-order valence-electron chi connectivity index (χ1n) is 6.15. The third-order valence-corrected chi connectivity index (χ3v) is 5.27. The summed E-state index contributed by atoms with van der Waals surface area (Å²) >= 11 is 0.